The lowest BCUT2D eigenvalue weighted by Gasteiger charge is -2.22. The van der Waals surface area contributed by atoms with Gasteiger partial charge in [-0.1, -0.05) is 0 Å². The molecule has 0 bridgehead atoms. The standard InChI is InChI=1S/C12H11F3N2O2S/c1-12(6-16,7-2-3-7)17-20(18,19)9-5-4-8(13)10(14)11(9)15/h4-5,7,17H,2-3H2,1H3/t12-/m1/s1. The summed E-state index contributed by atoms with van der Waals surface area (Å²) in [5.41, 5.74) is -1.39. The van der Waals surface area contributed by atoms with Crippen LogP contribution in [0.4, 0.5) is 13.2 Å². The van der Waals surface area contributed by atoms with Gasteiger partial charge in [0.05, 0.1) is 6.07 Å². The molecule has 1 aliphatic rings. The fraction of sp³-hybridized carbons (Fsp3) is 0.417. The average molecular weight is 304 g/mol. The summed E-state index contributed by atoms with van der Waals surface area (Å²) < 4.78 is 65.6. The zero-order valence-corrected chi connectivity index (χ0v) is 11.3. The van der Waals surface area contributed by atoms with Gasteiger partial charge in [0.15, 0.2) is 17.5 Å². The molecule has 0 unspecified atom stereocenters. The number of hydrogen-bond donors (Lipinski definition) is 1. The summed E-state index contributed by atoms with van der Waals surface area (Å²) in [6, 6.07) is 2.98. The number of sulfonamides is 1. The van der Waals surface area contributed by atoms with Crippen molar-refractivity contribution in [1.29, 1.82) is 5.26 Å². The maximum Gasteiger partial charge on any atom is 0.244 e. The molecule has 0 aliphatic heterocycles. The van der Waals surface area contributed by atoms with Crippen LogP contribution in [-0.4, -0.2) is 14.0 Å². The highest BCUT2D eigenvalue weighted by atomic mass is 32.2. The first-order chi connectivity index (χ1) is 9.21. The highest BCUT2D eigenvalue weighted by Gasteiger charge is 2.45. The Balaban J connectivity index is 2.42. The molecule has 0 radical (unpaired) electrons. The van der Waals surface area contributed by atoms with Crippen LogP contribution in [0.1, 0.15) is 19.8 Å². The number of nitrogens with zero attached hydrogens (tertiary/aromatic N) is 1. The zero-order chi connectivity index (χ0) is 15.1. The van der Waals surface area contributed by atoms with Crippen molar-refractivity contribution >= 4 is 10.0 Å². The Morgan fingerprint density at radius 1 is 1.30 bits per heavy atom. The van der Waals surface area contributed by atoms with Crippen molar-refractivity contribution in [3.05, 3.63) is 29.6 Å². The van der Waals surface area contributed by atoms with Gasteiger partial charge in [0.2, 0.25) is 10.0 Å². The number of halogens is 3. The van der Waals surface area contributed by atoms with Gasteiger partial charge in [-0.25, -0.2) is 21.6 Å². The van der Waals surface area contributed by atoms with Crippen LogP contribution in [0.2, 0.25) is 0 Å². The van der Waals surface area contributed by atoms with Crippen molar-refractivity contribution in [3.63, 3.8) is 0 Å². The molecule has 1 saturated carbocycles. The Labute approximate surface area is 114 Å². The van der Waals surface area contributed by atoms with E-state index in [1.807, 2.05) is 6.07 Å². The molecule has 20 heavy (non-hydrogen) atoms. The smallest absolute Gasteiger partial charge is 0.207 e. The van der Waals surface area contributed by atoms with Gasteiger partial charge in [0.25, 0.3) is 0 Å². The van der Waals surface area contributed by atoms with Crippen LogP contribution in [-0.2, 0) is 10.0 Å². The molecule has 0 spiro atoms. The third-order valence-corrected chi connectivity index (χ3v) is 4.85. The van der Waals surface area contributed by atoms with Gasteiger partial charge in [-0.05, 0) is 37.8 Å². The Hall–Kier alpha value is -1.59. The lowest BCUT2D eigenvalue weighted by Crippen LogP contribution is -2.46. The molecule has 0 heterocycles. The number of benzene rings is 1. The van der Waals surface area contributed by atoms with Gasteiger partial charge in [0, 0.05) is 0 Å². The van der Waals surface area contributed by atoms with Crippen molar-refractivity contribution in [2.24, 2.45) is 5.92 Å². The monoisotopic (exact) mass is 304 g/mol. The fourth-order valence-corrected chi connectivity index (χ4v) is 3.36. The van der Waals surface area contributed by atoms with Crippen molar-refractivity contribution in [2.75, 3.05) is 0 Å². The summed E-state index contributed by atoms with van der Waals surface area (Å²) >= 11 is 0. The molecule has 1 atom stereocenters. The van der Waals surface area contributed by atoms with Crippen molar-refractivity contribution in [1.82, 2.24) is 4.72 Å². The first kappa shape index (κ1) is 14.8. The third kappa shape index (κ3) is 2.51. The van der Waals surface area contributed by atoms with E-state index in [0.717, 1.165) is 0 Å². The number of nitrogens with one attached hydrogen (secondary N) is 1. The summed E-state index contributed by atoms with van der Waals surface area (Å²) in [7, 11) is -4.46. The van der Waals surface area contributed by atoms with Gasteiger partial charge >= 0.3 is 0 Å². The van der Waals surface area contributed by atoms with E-state index in [1.165, 1.54) is 6.92 Å². The summed E-state index contributed by atoms with van der Waals surface area (Å²) in [5, 5.41) is 9.07. The summed E-state index contributed by atoms with van der Waals surface area (Å²) in [6.07, 6.45) is 1.35. The Morgan fingerprint density at radius 3 is 2.40 bits per heavy atom. The number of hydrogen-bond acceptors (Lipinski definition) is 3. The lowest BCUT2D eigenvalue weighted by molar-refractivity contribution is 0.426. The maximum absolute atomic E-state index is 13.5. The second kappa shape index (κ2) is 4.75. The molecule has 1 N–H and O–H groups in total. The molecule has 0 saturated heterocycles. The molecule has 2 rings (SSSR count). The summed E-state index contributed by atoms with van der Waals surface area (Å²) in [4.78, 5) is -1.02. The van der Waals surface area contributed by atoms with E-state index >= 15 is 0 Å². The van der Waals surface area contributed by atoms with Crippen LogP contribution in [0, 0.1) is 34.7 Å². The predicted octanol–water partition coefficient (Wildman–Crippen LogP) is 2.07. The number of rotatable bonds is 4. The molecular formula is C12H11F3N2O2S. The second-order valence-electron chi connectivity index (χ2n) is 4.87. The normalized spacial score (nSPS) is 18.4. The van der Waals surface area contributed by atoms with Gasteiger partial charge < -0.3 is 0 Å². The topological polar surface area (TPSA) is 70.0 Å². The van der Waals surface area contributed by atoms with Crippen LogP contribution in [0.15, 0.2) is 17.0 Å². The molecular weight excluding hydrogens is 293 g/mol. The Bertz CT molecular complexity index is 695. The highest BCUT2D eigenvalue weighted by Crippen LogP contribution is 2.40. The first-order valence-electron chi connectivity index (χ1n) is 5.80. The molecule has 108 valence electrons. The van der Waals surface area contributed by atoms with Crippen LogP contribution < -0.4 is 4.72 Å². The third-order valence-electron chi connectivity index (χ3n) is 3.26. The quantitative estimate of drug-likeness (QED) is 0.866. The van der Waals surface area contributed by atoms with Crippen LogP contribution >= 0.6 is 0 Å². The minimum absolute atomic E-state index is 0.171. The first-order valence-corrected chi connectivity index (χ1v) is 7.28. The van der Waals surface area contributed by atoms with Crippen molar-refractivity contribution in [2.45, 2.75) is 30.2 Å². The van der Waals surface area contributed by atoms with Gasteiger partial charge in [-0.15, -0.1) is 0 Å². The Morgan fingerprint density at radius 2 is 1.90 bits per heavy atom. The molecule has 0 aromatic heterocycles. The minimum atomic E-state index is -4.46. The SMILES string of the molecule is C[C@](C#N)(NS(=O)(=O)c1ccc(F)c(F)c1F)C1CC1. The molecule has 0 amide bonds. The largest absolute Gasteiger partial charge is 0.244 e. The van der Waals surface area contributed by atoms with E-state index in [0.29, 0.717) is 25.0 Å². The highest BCUT2D eigenvalue weighted by molar-refractivity contribution is 7.89. The van der Waals surface area contributed by atoms with Gasteiger partial charge in [-0.3, -0.25) is 0 Å². The summed E-state index contributed by atoms with van der Waals surface area (Å²) in [6.45, 7) is 1.38. The molecule has 4 nitrogen and oxygen atoms in total. The minimum Gasteiger partial charge on any atom is -0.207 e. The molecule has 1 aromatic carbocycles. The number of nitriles is 1. The molecule has 1 fully saturated rings. The molecule has 1 aromatic rings. The Kier molecular flexibility index (Phi) is 3.52. The van der Waals surface area contributed by atoms with E-state index in [9.17, 15) is 21.6 Å². The molecule has 8 heteroatoms. The predicted molar refractivity (Wildman–Crippen MR) is 63.4 cm³/mol. The van der Waals surface area contributed by atoms with E-state index in [4.69, 9.17) is 5.26 Å². The zero-order valence-electron chi connectivity index (χ0n) is 10.5. The van der Waals surface area contributed by atoms with Crippen LogP contribution in [0.5, 0.6) is 0 Å². The second-order valence-corrected chi connectivity index (χ2v) is 6.52. The van der Waals surface area contributed by atoms with Crippen molar-refractivity contribution < 1.29 is 21.6 Å². The average Bonchev–Trinajstić information content (AvgIpc) is 3.19. The van der Waals surface area contributed by atoms with E-state index in [-0.39, 0.29) is 5.92 Å². The van der Waals surface area contributed by atoms with Crippen LogP contribution in [0.3, 0.4) is 0 Å². The van der Waals surface area contributed by atoms with E-state index < -0.39 is 37.9 Å². The lowest BCUT2D eigenvalue weighted by atomic mass is 10.0. The van der Waals surface area contributed by atoms with E-state index in [1.54, 1.807) is 0 Å². The van der Waals surface area contributed by atoms with Crippen molar-refractivity contribution in [3.8, 4) is 6.07 Å². The maximum atomic E-state index is 13.5. The van der Waals surface area contributed by atoms with Gasteiger partial charge in [-0.2, -0.15) is 9.98 Å². The fourth-order valence-electron chi connectivity index (χ4n) is 1.91. The molecule has 1 aliphatic carbocycles. The van der Waals surface area contributed by atoms with E-state index in [2.05, 4.69) is 4.72 Å². The van der Waals surface area contributed by atoms with Crippen LogP contribution in [0.25, 0.3) is 0 Å². The summed E-state index contributed by atoms with van der Waals surface area (Å²) in [5.74, 6) is -5.31. The van der Waals surface area contributed by atoms with Gasteiger partial charge in [0.1, 0.15) is 10.4 Å².